The minimum Gasteiger partial charge on any atom is -0.350 e. The highest BCUT2D eigenvalue weighted by Crippen LogP contribution is 2.15. The summed E-state index contributed by atoms with van der Waals surface area (Å²) in [5, 5.41) is 4.50. The lowest BCUT2D eigenvalue weighted by Gasteiger charge is -2.16. The van der Waals surface area contributed by atoms with Gasteiger partial charge in [0.1, 0.15) is 5.82 Å². The molecule has 1 N–H and O–H groups in total. The average Bonchev–Trinajstić information content (AvgIpc) is 3.33. The van der Waals surface area contributed by atoms with Crippen LogP contribution in [0, 0.1) is 5.82 Å². The van der Waals surface area contributed by atoms with Gasteiger partial charge in [0.2, 0.25) is 5.91 Å². The molecule has 0 atom stereocenters. The zero-order chi connectivity index (χ0) is 18.5. The molecule has 2 amide bonds. The van der Waals surface area contributed by atoms with E-state index in [1.807, 2.05) is 5.38 Å². The molecule has 3 aromatic rings. The van der Waals surface area contributed by atoms with Crippen LogP contribution in [0.2, 0.25) is 0 Å². The van der Waals surface area contributed by atoms with Gasteiger partial charge in [-0.25, -0.2) is 9.37 Å². The summed E-state index contributed by atoms with van der Waals surface area (Å²) in [5.41, 5.74) is 1.02. The van der Waals surface area contributed by atoms with E-state index in [9.17, 15) is 14.0 Å². The molecular weight excluding hydrogens is 355 g/mol. The molecule has 2 heterocycles. The van der Waals surface area contributed by atoms with Crippen molar-refractivity contribution in [1.82, 2.24) is 19.8 Å². The van der Waals surface area contributed by atoms with Crippen LogP contribution in [0.5, 0.6) is 0 Å². The molecule has 0 radical (unpaired) electrons. The third-order valence-corrected chi connectivity index (χ3v) is 4.60. The highest BCUT2D eigenvalue weighted by atomic mass is 32.1. The van der Waals surface area contributed by atoms with Crippen molar-refractivity contribution in [1.29, 1.82) is 0 Å². The van der Waals surface area contributed by atoms with Crippen LogP contribution in [0.25, 0.3) is 5.69 Å². The second-order valence-corrected chi connectivity index (χ2v) is 6.62. The smallest absolute Gasteiger partial charge is 0.264 e. The summed E-state index contributed by atoms with van der Waals surface area (Å²) in [6.45, 7) is 0.118. The largest absolute Gasteiger partial charge is 0.350 e. The van der Waals surface area contributed by atoms with Gasteiger partial charge in [0.15, 0.2) is 0 Å². The maximum atomic E-state index is 14.2. The number of hydrogen-bond acceptors (Lipinski definition) is 4. The zero-order valence-electron chi connectivity index (χ0n) is 14.1. The van der Waals surface area contributed by atoms with E-state index in [1.165, 1.54) is 28.6 Å². The highest BCUT2D eigenvalue weighted by Gasteiger charge is 2.15. The number of nitrogens with one attached hydrogen (secondary N) is 1. The van der Waals surface area contributed by atoms with E-state index >= 15 is 0 Å². The molecule has 6 nitrogen and oxygen atoms in total. The highest BCUT2D eigenvalue weighted by molar-refractivity contribution is 7.12. The van der Waals surface area contributed by atoms with Crippen molar-refractivity contribution in [2.45, 2.75) is 6.54 Å². The number of benzene rings is 1. The number of rotatable bonds is 6. The number of carbonyl (C=O) groups is 2. The van der Waals surface area contributed by atoms with Crippen LogP contribution in [0.4, 0.5) is 4.39 Å². The van der Waals surface area contributed by atoms with E-state index in [4.69, 9.17) is 0 Å². The Labute approximate surface area is 153 Å². The lowest BCUT2D eigenvalue weighted by Crippen LogP contribution is -2.37. The first-order valence-electron chi connectivity index (χ1n) is 7.87. The number of nitrogens with zero attached hydrogens (tertiary/aromatic N) is 3. The minimum atomic E-state index is -0.403. The van der Waals surface area contributed by atoms with Gasteiger partial charge in [-0.3, -0.25) is 9.59 Å². The quantitative estimate of drug-likeness (QED) is 0.723. The van der Waals surface area contributed by atoms with Crippen molar-refractivity contribution < 1.29 is 14.0 Å². The Bertz CT molecular complexity index is 894. The Morgan fingerprint density at radius 3 is 2.85 bits per heavy atom. The molecule has 0 aliphatic heterocycles. The predicted molar refractivity (Wildman–Crippen MR) is 96.6 cm³/mol. The first kappa shape index (κ1) is 17.8. The third kappa shape index (κ3) is 4.15. The van der Waals surface area contributed by atoms with Crippen molar-refractivity contribution in [2.75, 3.05) is 13.6 Å². The van der Waals surface area contributed by atoms with Crippen LogP contribution in [-0.4, -0.2) is 39.9 Å². The second kappa shape index (κ2) is 7.92. The van der Waals surface area contributed by atoms with Gasteiger partial charge in [-0.05, 0) is 29.1 Å². The van der Waals surface area contributed by atoms with Crippen molar-refractivity contribution in [3.05, 3.63) is 70.7 Å². The van der Waals surface area contributed by atoms with Gasteiger partial charge in [0.05, 0.1) is 23.4 Å². The molecule has 26 heavy (non-hydrogen) atoms. The second-order valence-electron chi connectivity index (χ2n) is 5.67. The first-order chi connectivity index (χ1) is 12.5. The van der Waals surface area contributed by atoms with Crippen molar-refractivity contribution in [2.24, 2.45) is 0 Å². The molecule has 8 heteroatoms. The van der Waals surface area contributed by atoms with Crippen LogP contribution >= 0.6 is 11.3 Å². The fourth-order valence-corrected chi connectivity index (χ4v) is 3.12. The molecule has 2 aromatic heterocycles. The van der Waals surface area contributed by atoms with E-state index in [-0.39, 0.29) is 24.9 Å². The Hall–Kier alpha value is -3.00. The molecule has 0 spiro atoms. The van der Waals surface area contributed by atoms with Crippen molar-refractivity contribution in [3.63, 3.8) is 0 Å². The van der Waals surface area contributed by atoms with Crippen LogP contribution in [0.3, 0.4) is 0 Å². The Morgan fingerprint density at radius 1 is 1.35 bits per heavy atom. The monoisotopic (exact) mass is 372 g/mol. The van der Waals surface area contributed by atoms with E-state index in [2.05, 4.69) is 10.3 Å². The first-order valence-corrected chi connectivity index (χ1v) is 8.75. The number of carbonyl (C=O) groups excluding carboxylic acids is 2. The SMILES string of the molecule is CN(CC(=O)NCc1ccc(-n2ccnc2)c(F)c1)C(=O)c1cccs1. The number of thiophene rings is 1. The maximum absolute atomic E-state index is 14.2. The molecule has 0 saturated heterocycles. The summed E-state index contributed by atoms with van der Waals surface area (Å²) >= 11 is 1.33. The third-order valence-electron chi connectivity index (χ3n) is 3.74. The summed E-state index contributed by atoms with van der Waals surface area (Å²) in [4.78, 5) is 30.0. The van der Waals surface area contributed by atoms with Gasteiger partial charge in [0, 0.05) is 26.0 Å². The van der Waals surface area contributed by atoms with E-state index in [0.29, 0.717) is 16.1 Å². The van der Waals surface area contributed by atoms with Crippen LogP contribution < -0.4 is 5.32 Å². The molecule has 0 saturated carbocycles. The summed E-state index contributed by atoms with van der Waals surface area (Å²) in [6, 6.07) is 8.24. The van der Waals surface area contributed by atoms with Crippen molar-refractivity contribution >= 4 is 23.2 Å². The molecule has 0 unspecified atom stereocenters. The number of halogens is 1. The van der Waals surface area contributed by atoms with Crippen LogP contribution in [0.1, 0.15) is 15.2 Å². The average molecular weight is 372 g/mol. The number of likely N-dealkylation sites (N-methyl/N-ethyl adjacent to an activating group) is 1. The Balaban J connectivity index is 1.54. The molecule has 3 rings (SSSR count). The number of hydrogen-bond donors (Lipinski definition) is 1. The molecule has 1 aromatic carbocycles. The van der Waals surface area contributed by atoms with Gasteiger partial charge < -0.3 is 14.8 Å². The molecule has 0 aliphatic rings. The minimum absolute atomic E-state index is 0.0632. The van der Waals surface area contributed by atoms with Gasteiger partial charge in [0.25, 0.3) is 5.91 Å². The summed E-state index contributed by atoms with van der Waals surface area (Å²) in [5.74, 6) is -0.915. The normalized spacial score (nSPS) is 10.5. The zero-order valence-corrected chi connectivity index (χ0v) is 14.9. The summed E-state index contributed by atoms with van der Waals surface area (Å²) < 4.78 is 15.8. The van der Waals surface area contributed by atoms with Gasteiger partial charge in [-0.1, -0.05) is 12.1 Å². The molecule has 134 valence electrons. The van der Waals surface area contributed by atoms with Crippen LogP contribution in [0.15, 0.2) is 54.4 Å². The van der Waals surface area contributed by atoms with Crippen LogP contribution in [-0.2, 0) is 11.3 Å². The lowest BCUT2D eigenvalue weighted by molar-refractivity contribution is -0.121. The molecule has 0 bridgehead atoms. The van der Waals surface area contributed by atoms with E-state index in [0.717, 1.165) is 0 Å². The van der Waals surface area contributed by atoms with Gasteiger partial charge in [-0.15, -0.1) is 11.3 Å². The number of amides is 2. The lowest BCUT2D eigenvalue weighted by atomic mass is 10.2. The summed E-state index contributed by atoms with van der Waals surface area (Å²) in [6.07, 6.45) is 4.74. The molecular formula is C18H17FN4O2S. The van der Waals surface area contributed by atoms with E-state index < -0.39 is 5.82 Å². The number of imidazole rings is 1. The number of aromatic nitrogens is 2. The predicted octanol–water partition coefficient (Wildman–Crippen LogP) is 2.46. The Morgan fingerprint density at radius 2 is 2.19 bits per heavy atom. The van der Waals surface area contributed by atoms with Crippen molar-refractivity contribution in [3.8, 4) is 5.69 Å². The summed E-state index contributed by atoms with van der Waals surface area (Å²) in [7, 11) is 1.57. The Kier molecular flexibility index (Phi) is 5.43. The fraction of sp³-hybridized carbons (Fsp3) is 0.167. The molecule has 0 fully saturated rings. The maximum Gasteiger partial charge on any atom is 0.264 e. The van der Waals surface area contributed by atoms with Gasteiger partial charge in [-0.2, -0.15) is 0 Å². The topological polar surface area (TPSA) is 67.2 Å². The molecule has 0 aliphatic carbocycles. The van der Waals surface area contributed by atoms with E-state index in [1.54, 1.807) is 48.3 Å². The standard InChI is InChI=1S/C18H17FN4O2S/c1-22(18(25)16-3-2-8-26-16)11-17(24)21-10-13-4-5-15(14(19)9-13)23-7-6-20-12-23/h2-9,12H,10-11H2,1H3,(H,21,24). The van der Waals surface area contributed by atoms with Gasteiger partial charge >= 0.3 is 0 Å². The fourth-order valence-electron chi connectivity index (χ4n) is 2.40.